The van der Waals surface area contributed by atoms with E-state index >= 15 is 0 Å². The van der Waals surface area contributed by atoms with Crippen molar-refractivity contribution in [3.05, 3.63) is 23.8 Å². The van der Waals surface area contributed by atoms with Gasteiger partial charge in [-0.25, -0.2) is 0 Å². The lowest BCUT2D eigenvalue weighted by Crippen LogP contribution is -2.36. The average molecular weight is 278 g/mol. The molecular weight excluding hydrogens is 256 g/mol. The molecule has 1 aromatic rings. The summed E-state index contributed by atoms with van der Waals surface area (Å²) in [7, 11) is 1.59. The van der Waals surface area contributed by atoms with Gasteiger partial charge in [0.05, 0.1) is 17.9 Å². The predicted octanol–water partition coefficient (Wildman–Crippen LogP) is 0.591. The molecule has 0 spiro atoms. The van der Waals surface area contributed by atoms with Gasteiger partial charge in [0.1, 0.15) is 0 Å². The number of carbonyl (C=O) groups excluding carboxylic acids is 2. The van der Waals surface area contributed by atoms with Crippen LogP contribution in [-0.2, 0) is 4.79 Å². The molecule has 0 fully saturated rings. The monoisotopic (exact) mass is 278 g/mol. The fourth-order valence-corrected chi connectivity index (χ4v) is 1.84. The third kappa shape index (κ3) is 3.88. The van der Waals surface area contributed by atoms with Gasteiger partial charge in [-0.2, -0.15) is 0 Å². The summed E-state index contributed by atoms with van der Waals surface area (Å²) in [5.74, 6) is -0.251. The molecule has 0 aliphatic rings. The van der Waals surface area contributed by atoms with Gasteiger partial charge >= 0.3 is 0 Å². The van der Waals surface area contributed by atoms with E-state index in [0.717, 1.165) is 0 Å². The van der Waals surface area contributed by atoms with Crippen LogP contribution in [0.1, 0.15) is 24.2 Å². The lowest BCUT2D eigenvalue weighted by atomic mass is 10.1. The highest BCUT2D eigenvalue weighted by Gasteiger charge is 2.14. The summed E-state index contributed by atoms with van der Waals surface area (Å²) in [6.45, 7) is 5.18. The average Bonchev–Trinajstić information content (AvgIpc) is 2.45. The number of benzene rings is 1. The van der Waals surface area contributed by atoms with Crippen LogP contribution in [0, 0.1) is 0 Å². The minimum atomic E-state index is -0.148. The first-order valence-corrected chi connectivity index (χ1v) is 6.66. The number of nitrogen functional groups attached to an aromatic ring is 1. The lowest BCUT2D eigenvalue weighted by molar-refractivity contribution is -0.119. The Labute approximate surface area is 119 Å². The van der Waals surface area contributed by atoms with E-state index in [1.54, 1.807) is 25.2 Å². The number of carbonyl (C=O) groups is 2. The molecule has 0 aliphatic heterocycles. The van der Waals surface area contributed by atoms with E-state index in [-0.39, 0.29) is 18.4 Å². The van der Waals surface area contributed by atoms with E-state index in [9.17, 15) is 9.59 Å². The van der Waals surface area contributed by atoms with Crippen molar-refractivity contribution in [3.8, 4) is 0 Å². The molecule has 0 aliphatic carbocycles. The first-order chi connectivity index (χ1) is 9.53. The van der Waals surface area contributed by atoms with Gasteiger partial charge < -0.3 is 21.3 Å². The molecule has 0 saturated carbocycles. The zero-order chi connectivity index (χ0) is 15.1. The number of likely N-dealkylation sites (N-methyl/N-ethyl adjacent to an activating group) is 2. The number of hydrogen-bond acceptors (Lipinski definition) is 4. The van der Waals surface area contributed by atoms with E-state index in [2.05, 4.69) is 10.6 Å². The lowest BCUT2D eigenvalue weighted by Gasteiger charge is -2.24. The molecule has 0 saturated heterocycles. The maximum absolute atomic E-state index is 11.8. The largest absolute Gasteiger partial charge is 0.397 e. The van der Waals surface area contributed by atoms with Crippen molar-refractivity contribution in [2.45, 2.75) is 13.8 Å². The molecule has 1 aromatic carbocycles. The molecule has 0 radical (unpaired) electrons. The maximum Gasteiger partial charge on any atom is 0.251 e. The SMILES string of the molecule is CCNC(=O)c1ccc(N)c(N(CC)CC(=O)NC)c1. The van der Waals surface area contributed by atoms with Crippen molar-refractivity contribution >= 4 is 23.2 Å². The highest BCUT2D eigenvalue weighted by atomic mass is 16.2. The van der Waals surface area contributed by atoms with Crippen LogP contribution in [0.2, 0.25) is 0 Å². The Balaban J connectivity index is 3.05. The number of nitrogens with two attached hydrogens (primary N) is 1. The molecule has 20 heavy (non-hydrogen) atoms. The van der Waals surface area contributed by atoms with E-state index in [1.165, 1.54) is 0 Å². The first-order valence-electron chi connectivity index (χ1n) is 6.66. The number of amides is 2. The quantitative estimate of drug-likeness (QED) is 0.665. The molecule has 2 amide bonds. The van der Waals surface area contributed by atoms with Gasteiger partial charge in [-0.05, 0) is 32.0 Å². The molecule has 0 aromatic heterocycles. The van der Waals surface area contributed by atoms with Crippen molar-refractivity contribution in [2.75, 3.05) is 37.3 Å². The molecule has 0 bridgehead atoms. The Morgan fingerprint density at radius 1 is 1.30 bits per heavy atom. The van der Waals surface area contributed by atoms with Gasteiger partial charge in [-0.1, -0.05) is 0 Å². The highest BCUT2D eigenvalue weighted by molar-refractivity contribution is 5.96. The second-order valence-electron chi connectivity index (χ2n) is 4.32. The fourth-order valence-electron chi connectivity index (χ4n) is 1.84. The van der Waals surface area contributed by atoms with Gasteiger partial charge in [-0.3, -0.25) is 9.59 Å². The number of nitrogens with one attached hydrogen (secondary N) is 2. The first kappa shape index (κ1) is 15.8. The molecule has 110 valence electrons. The van der Waals surface area contributed by atoms with Crippen molar-refractivity contribution in [1.82, 2.24) is 10.6 Å². The van der Waals surface area contributed by atoms with E-state index in [1.807, 2.05) is 18.7 Å². The van der Waals surface area contributed by atoms with Gasteiger partial charge in [0.15, 0.2) is 0 Å². The Morgan fingerprint density at radius 3 is 2.55 bits per heavy atom. The van der Waals surface area contributed by atoms with E-state index < -0.39 is 0 Å². The molecule has 1 rings (SSSR count). The van der Waals surface area contributed by atoms with Crippen LogP contribution in [0.4, 0.5) is 11.4 Å². The molecule has 6 nitrogen and oxygen atoms in total. The predicted molar refractivity (Wildman–Crippen MR) is 80.8 cm³/mol. The number of hydrogen-bond donors (Lipinski definition) is 3. The third-order valence-corrected chi connectivity index (χ3v) is 2.97. The van der Waals surface area contributed by atoms with Crippen molar-refractivity contribution in [2.24, 2.45) is 0 Å². The number of rotatable bonds is 6. The molecular formula is C14H22N4O2. The van der Waals surface area contributed by atoms with Crippen LogP contribution in [-0.4, -0.2) is 38.5 Å². The third-order valence-electron chi connectivity index (χ3n) is 2.97. The normalized spacial score (nSPS) is 9.95. The van der Waals surface area contributed by atoms with Crippen molar-refractivity contribution in [1.29, 1.82) is 0 Å². The summed E-state index contributed by atoms with van der Waals surface area (Å²) in [5.41, 5.74) is 7.73. The standard InChI is InChI=1S/C14H22N4O2/c1-4-17-14(20)10-6-7-11(15)12(8-10)18(5-2)9-13(19)16-3/h6-8H,4-5,9,15H2,1-3H3,(H,16,19)(H,17,20). The molecule has 0 heterocycles. The Bertz CT molecular complexity index is 488. The highest BCUT2D eigenvalue weighted by Crippen LogP contribution is 2.24. The molecule has 6 heteroatoms. The van der Waals surface area contributed by atoms with Crippen LogP contribution >= 0.6 is 0 Å². The maximum atomic E-state index is 11.8. The zero-order valence-corrected chi connectivity index (χ0v) is 12.2. The van der Waals surface area contributed by atoms with Gasteiger partial charge in [0.2, 0.25) is 5.91 Å². The topological polar surface area (TPSA) is 87.5 Å². The van der Waals surface area contributed by atoms with Crippen LogP contribution in [0.25, 0.3) is 0 Å². The summed E-state index contributed by atoms with van der Waals surface area (Å²) in [4.78, 5) is 25.2. The van der Waals surface area contributed by atoms with Crippen molar-refractivity contribution in [3.63, 3.8) is 0 Å². The minimum absolute atomic E-state index is 0.102. The van der Waals surface area contributed by atoms with E-state index in [4.69, 9.17) is 5.73 Å². The van der Waals surface area contributed by atoms with E-state index in [0.29, 0.717) is 30.0 Å². The molecule has 0 unspecified atom stereocenters. The number of nitrogens with zero attached hydrogens (tertiary/aromatic N) is 1. The molecule has 4 N–H and O–H groups in total. The van der Waals surface area contributed by atoms with Crippen LogP contribution < -0.4 is 21.3 Å². The van der Waals surface area contributed by atoms with Crippen LogP contribution in [0.15, 0.2) is 18.2 Å². The smallest absolute Gasteiger partial charge is 0.251 e. The van der Waals surface area contributed by atoms with Gasteiger partial charge in [0.25, 0.3) is 5.91 Å². The Morgan fingerprint density at radius 2 is 2.00 bits per heavy atom. The Kier molecular flexibility index (Phi) is 5.83. The second kappa shape index (κ2) is 7.37. The number of anilines is 2. The van der Waals surface area contributed by atoms with Gasteiger partial charge in [-0.15, -0.1) is 0 Å². The second-order valence-corrected chi connectivity index (χ2v) is 4.32. The fraction of sp³-hybridized carbons (Fsp3) is 0.429. The Hall–Kier alpha value is -2.24. The summed E-state index contributed by atoms with van der Waals surface area (Å²) in [6.07, 6.45) is 0. The van der Waals surface area contributed by atoms with Crippen molar-refractivity contribution < 1.29 is 9.59 Å². The summed E-state index contributed by atoms with van der Waals surface area (Å²) < 4.78 is 0. The van der Waals surface area contributed by atoms with Crippen LogP contribution in [0.5, 0.6) is 0 Å². The van der Waals surface area contributed by atoms with Crippen LogP contribution in [0.3, 0.4) is 0 Å². The summed E-state index contributed by atoms with van der Waals surface area (Å²) >= 11 is 0. The molecule has 0 atom stereocenters. The summed E-state index contributed by atoms with van der Waals surface area (Å²) in [6, 6.07) is 5.08. The summed E-state index contributed by atoms with van der Waals surface area (Å²) in [5, 5.41) is 5.32. The zero-order valence-electron chi connectivity index (χ0n) is 12.2. The minimum Gasteiger partial charge on any atom is -0.397 e. The van der Waals surface area contributed by atoms with Gasteiger partial charge in [0, 0.05) is 25.7 Å².